The number of fused-ring (bicyclic) bond motifs is 1. The molecule has 1 aliphatic carbocycles. The number of aromatic nitrogens is 2. The zero-order valence-corrected chi connectivity index (χ0v) is 12.3. The Balaban J connectivity index is 1.87. The number of H-pyrrole nitrogens is 1. The molecule has 0 amide bonds. The lowest BCUT2D eigenvalue weighted by atomic mass is 9.96. The van der Waals surface area contributed by atoms with Crippen molar-refractivity contribution < 1.29 is 8.42 Å². The molecule has 0 spiro atoms. The number of hydrogen-bond donors (Lipinski definition) is 2. The van der Waals surface area contributed by atoms with E-state index in [0.717, 1.165) is 42.5 Å². The lowest BCUT2D eigenvalue weighted by Crippen LogP contribution is -2.36. The standard InChI is InChI=1S/C14H19N3O2S/c1-10-15-13-8-7-12(9-14(13)16-10)20(18,19)17-11-5-3-2-4-6-11/h7-9,11,17H,2-6H2,1H3,(H,15,16). The maximum absolute atomic E-state index is 12.4. The number of aromatic amines is 1. The largest absolute Gasteiger partial charge is 0.342 e. The van der Waals surface area contributed by atoms with Crippen LogP contribution in [0.2, 0.25) is 0 Å². The lowest BCUT2D eigenvalue weighted by molar-refractivity contribution is 0.412. The SMILES string of the molecule is Cc1nc2ccc(S(=O)(=O)NC3CCCCC3)cc2[nH]1. The van der Waals surface area contributed by atoms with E-state index in [1.165, 1.54) is 6.42 Å². The van der Waals surface area contributed by atoms with Crippen LogP contribution in [0.1, 0.15) is 37.9 Å². The first-order valence-electron chi connectivity index (χ1n) is 7.03. The molecule has 0 atom stereocenters. The summed E-state index contributed by atoms with van der Waals surface area (Å²) in [5.41, 5.74) is 1.55. The summed E-state index contributed by atoms with van der Waals surface area (Å²) in [4.78, 5) is 7.66. The summed E-state index contributed by atoms with van der Waals surface area (Å²) in [6.45, 7) is 1.86. The minimum absolute atomic E-state index is 0.0768. The Morgan fingerprint density at radius 1 is 1.25 bits per heavy atom. The minimum Gasteiger partial charge on any atom is -0.342 e. The first-order valence-corrected chi connectivity index (χ1v) is 8.52. The molecular weight excluding hydrogens is 274 g/mol. The van der Waals surface area contributed by atoms with Crippen LogP contribution in [0, 0.1) is 6.92 Å². The van der Waals surface area contributed by atoms with Gasteiger partial charge in [0.05, 0.1) is 15.9 Å². The molecule has 2 aromatic rings. The molecule has 1 aliphatic rings. The van der Waals surface area contributed by atoms with Gasteiger partial charge in [-0.25, -0.2) is 18.1 Å². The number of sulfonamides is 1. The average molecular weight is 293 g/mol. The van der Waals surface area contributed by atoms with Gasteiger partial charge in [0.2, 0.25) is 10.0 Å². The van der Waals surface area contributed by atoms with Crippen molar-refractivity contribution in [2.24, 2.45) is 0 Å². The van der Waals surface area contributed by atoms with Gasteiger partial charge in [0.15, 0.2) is 0 Å². The minimum atomic E-state index is -3.44. The molecule has 0 saturated heterocycles. The normalized spacial score (nSPS) is 17.6. The lowest BCUT2D eigenvalue weighted by Gasteiger charge is -2.22. The van der Waals surface area contributed by atoms with Crippen LogP contribution in [0.3, 0.4) is 0 Å². The maximum atomic E-state index is 12.4. The summed E-state index contributed by atoms with van der Waals surface area (Å²) in [6.07, 6.45) is 5.28. The van der Waals surface area contributed by atoms with Crippen LogP contribution in [0.15, 0.2) is 23.1 Å². The van der Waals surface area contributed by atoms with Gasteiger partial charge in [-0.1, -0.05) is 19.3 Å². The molecule has 3 rings (SSSR count). The van der Waals surface area contributed by atoms with Crippen LogP contribution in [-0.4, -0.2) is 24.4 Å². The van der Waals surface area contributed by atoms with E-state index in [-0.39, 0.29) is 6.04 Å². The Kier molecular flexibility index (Phi) is 3.52. The molecule has 1 saturated carbocycles. The van der Waals surface area contributed by atoms with Crippen LogP contribution in [-0.2, 0) is 10.0 Å². The van der Waals surface area contributed by atoms with Crippen molar-refractivity contribution in [2.45, 2.75) is 50.0 Å². The van der Waals surface area contributed by atoms with Gasteiger partial charge in [-0.3, -0.25) is 0 Å². The third-order valence-corrected chi connectivity index (χ3v) is 5.33. The van der Waals surface area contributed by atoms with Gasteiger partial charge in [-0.2, -0.15) is 0 Å². The highest BCUT2D eigenvalue weighted by Crippen LogP contribution is 2.21. The van der Waals surface area contributed by atoms with Gasteiger partial charge in [0.25, 0.3) is 0 Å². The fourth-order valence-electron chi connectivity index (χ4n) is 2.79. The highest BCUT2D eigenvalue weighted by atomic mass is 32.2. The topological polar surface area (TPSA) is 74.8 Å². The Morgan fingerprint density at radius 3 is 2.75 bits per heavy atom. The van der Waals surface area contributed by atoms with Crippen molar-refractivity contribution in [1.29, 1.82) is 0 Å². The van der Waals surface area contributed by atoms with Crippen molar-refractivity contribution in [3.05, 3.63) is 24.0 Å². The van der Waals surface area contributed by atoms with E-state index in [9.17, 15) is 8.42 Å². The van der Waals surface area contributed by atoms with E-state index >= 15 is 0 Å². The third-order valence-electron chi connectivity index (χ3n) is 3.81. The highest BCUT2D eigenvalue weighted by Gasteiger charge is 2.22. The Morgan fingerprint density at radius 2 is 2.00 bits per heavy atom. The fraction of sp³-hybridized carbons (Fsp3) is 0.500. The van der Waals surface area contributed by atoms with Gasteiger partial charge >= 0.3 is 0 Å². The summed E-state index contributed by atoms with van der Waals surface area (Å²) in [6, 6.07) is 5.09. The van der Waals surface area contributed by atoms with Gasteiger partial charge in [0.1, 0.15) is 5.82 Å². The summed E-state index contributed by atoms with van der Waals surface area (Å²) in [5.74, 6) is 0.787. The number of nitrogens with one attached hydrogen (secondary N) is 2. The molecule has 1 aromatic carbocycles. The van der Waals surface area contributed by atoms with Crippen LogP contribution < -0.4 is 4.72 Å². The van der Waals surface area contributed by atoms with Gasteiger partial charge in [-0.15, -0.1) is 0 Å². The molecule has 5 nitrogen and oxygen atoms in total. The second kappa shape index (κ2) is 5.18. The summed E-state index contributed by atoms with van der Waals surface area (Å²) < 4.78 is 27.6. The first-order chi connectivity index (χ1) is 9.54. The number of rotatable bonds is 3. The Labute approximate surface area is 118 Å². The molecule has 0 unspecified atom stereocenters. The average Bonchev–Trinajstić information content (AvgIpc) is 2.78. The molecule has 20 heavy (non-hydrogen) atoms. The van der Waals surface area contributed by atoms with E-state index in [2.05, 4.69) is 14.7 Å². The molecule has 6 heteroatoms. The predicted octanol–water partition coefficient (Wildman–Crippen LogP) is 2.48. The molecule has 1 heterocycles. The van der Waals surface area contributed by atoms with Gasteiger partial charge < -0.3 is 4.98 Å². The first kappa shape index (κ1) is 13.6. The molecule has 1 aromatic heterocycles. The van der Waals surface area contributed by atoms with Crippen molar-refractivity contribution in [3.63, 3.8) is 0 Å². The number of nitrogens with zero attached hydrogens (tertiary/aromatic N) is 1. The second-order valence-electron chi connectivity index (χ2n) is 5.46. The van der Waals surface area contributed by atoms with Gasteiger partial charge in [0, 0.05) is 6.04 Å². The number of benzene rings is 1. The Bertz CT molecular complexity index is 715. The smallest absolute Gasteiger partial charge is 0.240 e. The van der Waals surface area contributed by atoms with Crippen molar-refractivity contribution in [1.82, 2.24) is 14.7 Å². The van der Waals surface area contributed by atoms with Crippen molar-refractivity contribution >= 4 is 21.1 Å². The van der Waals surface area contributed by atoms with E-state index < -0.39 is 10.0 Å². The molecule has 2 N–H and O–H groups in total. The Hall–Kier alpha value is -1.40. The highest BCUT2D eigenvalue weighted by molar-refractivity contribution is 7.89. The van der Waals surface area contributed by atoms with Crippen molar-refractivity contribution in [2.75, 3.05) is 0 Å². The molecule has 1 fully saturated rings. The maximum Gasteiger partial charge on any atom is 0.240 e. The number of aryl methyl sites for hydroxylation is 1. The predicted molar refractivity (Wildman–Crippen MR) is 78.0 cm³/mol. The van der Waals surface area contributed by atoms with Crippen LogP contribution >= 0.6 is 0 Å². The monoisotopic (exact) mass is 293 g/mol. The zero-order valence-electron chi connectivity index (χ0n) is 11.5. The van der Waals surface area contributed by atoms with Gasteiger partial charge in [-0.05, 0) is 38.0 Å². The van der Waals surface area contributed by atoms with E-state index in [0.29, 0.717) is 4.90 Å². The van der Waals surface area contributed by atoms with E-state index in [4.69, 9.17) is 0 Å². The van der Waals surface area contributed by atoms with Crippen LogP contribution in [0.4, 0.5) is 0 Å². The molecule has 0 bridgehead atoms. The fourth-order valence-corrected chi connectivity index (χ4v) is 4.12. The number of imidazole rings is 1. The van der Waals surface area contributed by atoms with Crippen LogP contribution in [0.25, 0.3) is 11.0 Å². The number of hydrogen-bond acceptors (Lipinski definition) is 3. The molecule has 108 valence electrons. The molecular formula is C14H19N3O2S. The quantitative estimate of drug-likeness (QED) is 0.913. The summed E-state index contributed by atoms with van der Waals surface area (Å²) in [7, 11) is -3.44. The van der Waals surface area contributed by atoms with Crippen molar-refractivity contribution in [3.8, 4) is 0 Å². The van der Waals surface area contributed by atoms with Crippen LogP contribution in [0.5, 0.6) is 0 Å². The van der Waals surface area contributed by atoms with E-state index in [1.807, 2.05) is 6.92 Å². The zero-order chi connectivity index (χ0) is 14.2. The summed E-state index contributed by atoms with van der Waals surface area (Å²) >= 11 is 0. The molecule has 0 radical (unpaired) electrons. The molecule has 0 aliphatic heterocycles. The van der Waals surface area contributed by atoms with E-state index in [1.54, 1.807) is 18.2 Å². The summed E-state index contributed by atoms with van der Waals surface area (Å²) in [5, 5.41) is 0. The third kappa shape index (κ3) is 2.71. The second-order valence-corrected chi connectivity index (χ2v) is 7.17.